The van der Waals surface area contributed by atoms with Crippen LogP contribution in [0.3, 0.4) is 0 Å². The predicted molar refractivity (Wildman–Crippen MR) is 509 cm³/mol. The minimum absolute atomic E-state index is 0. The molecule has 0 aliphatic rings. The van der Waals surface area contributed by atoms with E-state index in [0.29, 0.717) is 108 Å². The van der Waals surface area contributed by atoms with Gasteiger partial charge in [-0.05, 0) is 272 Å². The number of benzene rings is 11. The second kappa shape index (κ2) is 56.6. The summed E-state index contributed by atoms with van der Waals surface area (Å²) in [7, 11) is 0. The number of nitrogens with one attached hydrogen (secondary N) is 3. The molecule has 134 heavy (non-hydrogen) atoms. The summed E-state index contributed by atoms with van der Waals surface area (Å²) in [6.45, 7) is 33.7. The Kier molecular flexibility index (Phi) is 45.9. The molecule has 0 bridgehead atoms. The molecule has 0 atom stereocenters. The molecule has 22 nitrogen and oxygen atoms in total. The predicted octanol–water partition coefficient (Wildman–Crippen LogP) is 21.2. The molecule has 0 saturated carbocycles. The van der Waals surface area contributed by atoms with Gasteiger partial charge in [0.25, 0.3) is 0 Å². The number of alkyl carbamates (subject to hydrolysis) is 2. The highest BCUT2D eigenvalue weighted by Crippen LogP contribution is 2.34. The zero-order valence-electron chi connectivity index (χ0n) is 76.6. The topological polar surface area (TPSA) is 302 Å². The molecule has 11 aromatic carbocycles. The van der Waals surface area contributed by atoms with Crippen molar-refractivity contribution in [1.29, 1.82) is 5.26 Å². The van der Waals surface area contributed by atoms with Gasteiger partial charge >= 0.3 is 18.2 Å². The highest BCUT2D eigenvalue weighted by molar-refractivity contribution is 5.96. The maximum atomic E-state index is 13.6. The quantitative estimate of drug-likeness (QED) is 0.00475. The first-order valence-electron chi connectivity index (χ1n) is 43.4. The van der Waals surface area contributed by atoms with Crippen LogP contribution >= 0.6 is 0 Å². The number of esters is 1. The summed E-state index contributed by atoms with van der Waals surface area (Å²) in [6.07, 6.45) is 5.15. The van der Waals surface area contributed by atoms with Crippen LogP contribution in [0.15, 0.2) is 237 Å². The molecule has 0 heterocycles. The van der Waals surface area contributed by atoms with Gasteiger partial charge < -0.3 is 79.6 Å². The van der Waals surface area contributed by atoms with Crippen LogP contribution in [0.5, 0.6) is 40.2 Å². The largest absolute Gasteiger partial charge is 0.502 e. The summed E-state index contributed by atoms with van der Waals surface area (Å²) in [5, 5.41) is 45.5. The zero-order valence-corrected chi connectivity index (χ0v) is 76.6. The van der Waals surface area contributed by atoms with E-state index in [9.17, 15) is 51.3 Å². The third-order valence-electron chi connectivity index (χ3n) is 19.0. The molecule has 3 amide bonds. The van der Waals surface area contributed by atoms with Gasteiger partial charge in [-0.1, -0.05) is 166 Å². The third kappa shape index (κ3) is 38.0. The number of ether oxygens (including phenoxy) is 9. The van der Waals surface area contributed by atoms with E-state index in [0.717, 1.165) is 103 Å². The maximum absolute atomic E-state index is 13.6. The number of hydrogen-bond donors (Lipinski definition) is 7. The van der Waals surface area contributed by atoms with Crippen molar-refractivity contribution >= 4 is 35.8 Å². The number of halogens is 5. The van der Waals surface area contributed by atoms with Crippen molar-refractivity contribution in [3.05, 3.63) is 361 Å². The van der Waals surface area contributed by atoms with Gasteiger partial charge in [-0.25, -0.2) is 32.4 Å². The molecule has 27 heteroatoms. The Morgan fingerprint density at radius 3 is 1.16 bits per heavy atom. The van der Waals surface area contributed by atoms with Gasteiger partial charge in [-0.15, -0.1) is 0 Å². The molecular weight excluding hydrogens is 1720 g/mol. The Morgan fingerprint density at radius 1 is 0.448 bits per heavy atom. The fourth-order valence-corrected chi connectivity index (χ4v) is 12.7. The lowest BCUT2D eigenvalue weighted by molar-refractivity contribution is 0.0517. The van der Waals surface area contributed by atoms with Crippen LogP contribution < -0.4 is 54.8 Å². The molecule has 0 radical (unpaired) electrons. The van der Waals surface area contributed by atoms with Crippen LogP contribution in [0.2, 0.25) is 0 Å². The first kappa shape index (κ1) is 109. The zero-order chi connectivity index (χ0) is 96.8. The van der Waals surface area contributed by atoms with Gasteiger partial charge in [0.15, 0.2) is 0 Å². The fourth-order valence-electron chi connectivity index (χ4n) is 12.7. The normalized spacial score (nSPS) is 10.6. The second-order valence-corrected chi connectivity index (χ2v) is 32.5. The smallest absolute Gasteiger partial charge is 0.407 e. The van der Waals surface area contributed by atoms with Crippen LogP contribution in [0.4, 0.5) is 37.2 Å². The van der Waals surface area contributed by atoms with Crippen LogP contribution in [-0.4, -0.2) is 109 Å². The number of aliphatic hydroxyl groups excluding tert-OH is 3. The lowest BCUT2D eigenvalue weighted by atomic mass is 10.0. The summed E-state index contributed by atoms with van der Waals surface area (Å²) in [4.78, 5) is 51.5. The maximum Gasteiger partial charge on any atom is 0.407 e. The summed E-state index contributed by atoms with van der Waals surface area (Å²) in [5.41, 5.74) is 17.9. The van der Waals surface area contributed by atoms with Crippen molar-refractivity contribution in [3.63, 3.8) is 0 Å². The van der Waals surface area contributed by atoms with E-state index in [1.807, 2.05) is 250 Å². The SMILES string of the molecule is C.C=Cc1cc(OCc2ccccc2)ccc1CCNC(=O)OC(C)(C)C.CC(C)(C)OC(=O)NCCc1ccc(OCc2ccccc2)cc1CCO.CC(C)Oc1ccc(C(=O)Oc2c(F)c(F)c(F)c(F)c2F)cc1C#N.NCCc1ccc(OCc2ccccc2)cc1CCO.[C-]#[N+]c1cc(C(=O)NCCc2ccc(OCc3ccccc3)cc2CCO)ccc1OC(C)C. The third-order valence-corrected chi connectivity index (χ3v) is 19.0. The molecule has 8 N–H and O–H groups in total. The Morgan fingerprint density at radius 2 is 0.799 bits per heavy atom. The van der Waals surface area contributed by atoms with Crippen molar-refractivity contribution in [1.82, 2.24) is 16.0 Å². The number of hydrogen-bond acceptors (Lipinski definition) is 18. The molecular formula is C107H121F5N6O16. The van der Waals surface area contributed by atoms with Gasteiger partial charge in [-0.3, -0.25) is 4.79 Å². The van der Waals surface area contributed by atoms with Crippen LogP contribution in [0, 0.1) is 47.0 Å². The van der Waals surface area contributed by atoms with Crippen LogP contribution in [-0.2, 0) is 80.8 Å². The number of nitriles is 1. The number of carbonyl (C=O) groups excluding carboxylic acids is 4. The lowest BCUT2D eigenvalue weighted by Gasteiger charge is -2.20. The summed E-state index contributed by atoms with van der Waals surface area (Å²) in [6, 6.07) is 73.7. The molecule has 11 aromatic rings. The Hall–Kier alpha value is -14.1. The van der Waals surface area contributed by atoms with Crippen LogP contribution in [0.1, 0.15) is 170 Å². The Labute approximate surface area is 782 Å². The minimum atomic E-state index is -2.37. The van der Waals surface area contributed by atoms with E-state index < -0.39 is 64.2 Å². The number of aliphatic hydroxyl groups is 3. The monoisotopic (exact) mass is 1840 g/mol. The average molecular weight is 1840 g/mol. The van der Waals surface area contributed by atoms with E-state index >= 15 is 0 Å². The first-order valence-corrected chi connectivity index (χ1v) is 43.4. The highest BCUT2D eigenvalue weighted by atomic mass is 19.2. The summed E-state index contributed by atoms with van der Waals surface area (Å²) in [5.74, 6) is -11.0. The van der Waals surface area contributed by atoms with Crippen molar-refractivity contribution in [2.24, 2.45) is 5.73 Å². The number of carbonyl (C=O) groups is 4. The highest BCUT2D eigenvalue weighted by Gasteiger charge is 2.30. The molecule has 0 saturated heterocycles. The van der Waals surface area contributed by atoms with E-state index in [1.54, 1.807) is 44.2 Å². The standard InChI is InChI=1S/C28H30N2O4.C22H29NO4.C22H27NO3.C17H10F5NO3.C17H21NO2.CH4/c1-20(2)34-27-12-10-24(18-26(27)29-3)28(32)30-15-13-22-9-11-25(17-23(22)14-16-31)33-19-21-7-5-4-6-8-21;1-22(2,3)27-21(25)23-13-11-18-9-10-20(15-19(18)12-14-24)26-16-17-7-5-4-6-8-17;1-5-18-15-20(25-16-17-9-7-6-8-10-17)12-11-19(18)13-14-23-21(24)26-22(2,3)4;1-7(2)25-10-4-3-8(5-9(10)6-23)17(24)26-16-14(21)12(19)11(18)13(20)15(16)22;18-10-8-15-6-7-17(12-16(15)9-11-19)20-13-14-4-2-1-3-5-14;/h4-12,17-18,20,31H,13-16,19H2,1-2H3,(H,30,32);4-10,15,24H,11-14,16H2,1-3H3,(H,23,25);5-12,15H,1,13-14,16H2,2-4H3,(H,23,24);3-5,7H,1-2H3;1-7,12,19H,8-11,13,18H2;1H4. The lowest BCUT2D eigenvalue weighted by Crippen LogP contribution is -2.33. The number of nitrogens with two attached hydrogens (primary N) is 1. The number of rotatable bonds is 37. The fraction of sp³-hybridized carbons (Fsp3) is 0.308. The van der Waals surface area contributed by atoms with Gasteiger partial charge in [0, 0.05) is 45.0 Å². The van der Waals surface area contributed by atoms with Crippen LogP contribution in [0.25, 0.3) is 10.9 Å². The molecule has 0 spiro atoms. The number of nitrogens with zero attached hydrogens (tertiary/aromatic N) is 2. The van der Waals surface area contributed by atoms with E-state index in [2.05, 4.69) is 32.1 Å². The van der Waals surface area contributed by atoms with Gasteiger partial charge in [0.05, 0.1) is 29.9 Å². The van der Waals surface area contributed by atoms with Crippen molar-refractivity contribution in [3.8, 4) is 46.3 Å². The van der Waals surface area contributed by atoms with Gasteiger partial charge in [-0.2, -0.15) is 14.0 Å². The van der Waals surface area contributed by atoms with E-state index in [4.69, 9.17) is 60.6 Å². The van der Waals surface area contributed by atoms with Gasteiger partial charge in [0.1, 0.15) is 78.2 Å². The van der Waals surface area contributed by atoms with E-state index in [-0.39, 0.29) is 62.2 Å². The van der Waals surface area contributed by atoms with Crippen molar-refractivity contribution < 1.29 is 99.1 Å². The molecule has 11 rings (SSSR count). The van der Waals surface area contributed by atoms with Crippen molar-refractivity contribution in [2.75, 3.05) is 46.0 Å². The molecule has 0 aliphatic carbocycles. The minimum Gasteiger partial charge on any atom is -0.502 e. The molecule has 0 fully saturated rings. The van der Waals surface area contributed by atoms with Crippen molar-refractivity contribution in [2.45, 2.75) is 171 Å². The summed E-state index contributed by atoms with van der Waals surface area (Å²) < 4.78 is 116. The number of amides is 3. The second-order valence-electron chi connectivity index (χ2n) is 32.5. The van der Waals surface area contributed by atoms with Gasteiger partial charge in [0.2, 0.25) is 46.4 Å². The average Bonchev–Trinajstić information content (AvgIpc) is 0.788. The first-order chi connectivity index (χ1) is 63.7. The Bertz CT molecular complexity index is 5600. The molecule has 0 aromatic heterocycles. The molecule has 0 aliphatic heterocycles. The van der Waals surface area contributed by atoms with E-state index in [1.165, 1.54) is 11.6 Å². The summed E-state index contributed by atoms with van der Waals surface area (Å²) >= 11 is 0. The Balaban J connectivity index is 0.000000259. The molecule has 0 unspecified atom stereocenters. The molecule has 710 valence electrons.